The predicted octanol–water partition coefficient (Wildman–Crippen LogP) is 1.39. The first-order chi connectivity index (χ1) is 10.2. The minimum Gasteiger partial charge on any atom is -0.383 e. The number of hydrogen-bond donors (Lipinski definition) is 2. The van der Waals surface area contributed by atoms with Crippen LogP contribution in [0.15, 0.2) is 24.3 Å². The molecule has 118 valence electrons. The zero-order chi connectivity index (χ0) is 15.5. The summed E-state index contributed by atoms with van der Waals surface area (Å²) in [4.78, 5) is 13.7. The molecule has 0 atom stereocenters. The molecule has 0 aromatic heterocycles. The Morgan fingerprint density at radius 2 is 1.95 bits per heavy atom. The summed E-state index contributed by atoms with van der Waals surface area (Å²) in [5.41, 5.74) is 2.29. The van der Waals surface area contributed by atoms with Crippen molar-refractivity contribution in [1.82, 2.24) is 10.6 Å². The number of nitrogens with zero attached hydrogens (tertiary/aromatic N) is 1. The Kier molecular flexibility index (Phi) is 8.47. The molecule has 0 saturated carbocycles. The fraction of sp³-hybridized carbons (Fsp3) is 0.562. The maximum Gasteiger partial charge on any atom is 0.239 e. The molecule has 0 radical (unpaired) electrons. The van der Waals surface area contributed by atoms with Gasteiger partial charge in [0.2, 0.25) is 5.91 Å². The van der Waals surface area contributed by atoms with E-state index in [1.807, 2.05) is 24.1 Å². The molecule has 5 heteroatoms. The van der Waals surface area contributed by atoms with Gasteiger partial charge >= 0.3 is 0 Å². The van der Waals surface area contributed by atoms with Crippen molar-refractivity contribution in [1.29, 1.82) is 0 Å². The highest BCUT2D eigenvalue weighted by Gasteiger charge is 2.06. The molecule has 1 aromatic carbocycles. The lowest BCUT2D eigenvalue weighted by Gasteiger charge is -2.19. The third-order valence-corrected chi connectivity index (χ3v) is 3.14. The number of benzene rings is 1. The molecule has 0 heterocycles. The average Bonchev–Trinajstić information content (AvgIpc) is 2.48. The van der Waals surface area contributed by atoms with Crippen LogP contribution in [0.3, 0.4) is 0 Å². The summed E-state index contributed by atoms with van der Waals surface area (Å²) in [5.74, 6) is 0.00300. The van der Waals surface area contributed by atoms with E-state index in [9.17, 15) is 4.79 Å². The van der Waals surface area contributed by atoms with E-state index < -0.39 is 0 Å². The van der Waals surface area contributed by atoms with E-state index in [2.05, 4.69) is 29.7 Å². The summed E-state index contributed by atoms with van der Waals surface area (Å²) < 4.78 is 4.90. The van der Waals surface area contributed by atoms with Crippen LogP contribution in [0, 0.1) is 0 Å². The number of anilines is 1. The second-order valence-corrected chi connectivity index (χ2v) is 5.04. The number of nitrogens with one attached hydrogen (secondary N) is 2. The molecule has 0 unspecified atom stereocenters. The molecule has 1 amide bonds. The first kappa shape index (κ1) is 17.5. The monoisotopic (exact) mass is 293 g/mol. The number of amides is 1. The number of carbonyl (C=O) groups excluding carboxylic acids is 1. The average molecular weight is 293 g/mol. The molecule has 0 spiro atoms. The highest BCUT2D eigenvalue weighted by atomic mass is 16.5. The van der Waals surface area contributed by atoms with Crippen molar-refractivity contribution in [3.63, 3.8) is 0 Å². The number of carbonyl (C=O) groups is 1. The molecule has 5 nitrogen and oxygen atoms in total. The van der Waals surface area contributed by atoms with E-state index in [-0.39, 0.29) is 5.91 Å². The molecule has 0 bridgehead atoms. The van der Waals surface area contributed by atoms with Crippen LogP contribution in [0.4, 0.5) is 5.69 Å². The normalized spacial score (nSPS) is 10.4. The summed E-state index contributed by atoms with van der Waals surface area (Å²) in [5, 5.41) is 6.19. The third-order valence-electron chi connectivity index (χ3n) is 3.14. The Labute approximate surface area is 127 Å². The highest BCUT2D eigenvalue weighted by Crippen LogP contribution is 2.13. The Balaban J connectivity index is 2.39. The van der Waals surface area contributed by atoms with Gasteiger partial charge in [-0.25, -0.2) is 0 Å². The lowest BCUT2D eigenvalue weighted by atomic mass is 10.2. The van der Waals surface area contributed by atoms with Gasteiger partial charge in [0, 0.05) is 32.9 Å². The Morgan fingerprint density at radius 3 is 2.57 bits per heavy atom. The number of hydrogen-bond acceptors (Lipinski definition) is 4. The lowest BCUT2D eigenvalue weighted by Crippen LogP contribution is -2.36. The second kappa shape index (κ2) is 10.2. The van der Waals surface area contributed by atoms with Crippen molar-refractivity contribution < 1.29 is 9.53 Å². The molecule has 0 aliphatic carbocycles. The van der Waals surface area contributed by atoms with Gasteiger partial charge in [-0.3, -0.25) is 4.79 Å². The van der Waals surface area contributed by atoms with Crippen LogP contribution < -0.4 is 15.5 Å². The maximum absolute atomic E-state index is 11.7. The number of methoxy groups -OCH3 is 1. The van der Waals surface area contributed by atoms with Crippen molar-refractivity contribution in [3.8, 4) is 0 Å². The van der Waals surface area contributed by atoms with Crippen LogP contribution in [-0.4, -0.2) is 46.3 Å². The lowest BCUT2D eigenvalue weighted by molar-refractivity contribution is -0.119. The maximum atomic E-state index is 11.7. The van der Waals surface area contributed by atoms with Gasteiger partial charge in [-0.05, 0) is 30.7 Å². The molecule has 0 fully saturated rings. The largest absolute Gasteiger partial charge is 0.383 e. The summed E-state index contributed by atoms with van der Waals surface area (Å²) in [6.07, 6.45) is 1.14. The number of ether oxygens (including phenoxy) is 1. The van der Waals surface area contributed by atoms with Gasteiger partial charge in [0.1, 0.15) is 0 Å². The molecule has 0 aliphatic rings. The quantitative estimate of drug-likeness (QED) is 0.640. The summed E-state index contributed by atoms with van der Waals surface area (Å²) >= 11 is 0. The zero-order valence-electron chi connectivity index (χ0n) is 13.3. The Hall–Kier alpha value is -1.59. The molecular weight excluding hydrogens is 266 g/mol. The van der Waals surface area contributed by atoms with Gasteiger partial charge in [0.15, 0.2) is 0 Å². The van der Waals surface area contributed by atoms with Crippen molar-refractivity contribution in [2.45, 2.75) is 19.9 Å². The smallest absolute Gasteiger partial charge is 0.239 e. The van der Waals surface area contributed by atoms with E-state index >= 15 is 0 Å². The van der Waals surface area contributed by atoms with E-state index in [0.717, 1.165) is 25.2 Å². The fourth-order valence-corrected chi connectivity index (χ4v) is 1.93. The summed E-state index contributed by atoms with van der Waals surface area (Å²) in [7, 11) is 3.54. The highest BCUT2D eigenvalue weighted by molar-refractivity contribution is 5.81. The number of likely N-dealkylation sites (N-methyl/N-ethyl adjacent to an activating group) is 1. The SMILES string of the molecule is CCCNCc1ccc(N(C)CC(=O)NCCOC)cc1. The zero-order valence-corrected chi connectivity index (χ0v) is 13.3. The van der Waals surface area contributed by atoms with Gasteiger partial charge < -0.3 is 20.3 Å². The van der Waals surface area contributed by atoms with Gasteiger partial charge in [-0.1, -0.05) is 19.1 Å². The minimum atomic E-state index is 0.00300. The molecule has 0 aliphatic heterocycles. The van der Waals surface area contributed by atoms with Crippen LogP contribution >= 0.6 is 0 Å². The number of rotatable bonds is 10. The Morgan fingerprint density at radius 1 is 1.24 bits per heavy atom. The molecule has 21 heavy (non-hydrogen) atoms. The first-order valence-corrected chi connectivity index (χ1v) is 7.43. The first-order valence-electron chi connectivity index (χ1n) is 7.43. The standard InChI is InChI=1S/C16H27N3O2/c1-4-9-17-12-14-5-7-15(8-6-14)19(2)13-16(20)18-10-11-21-3/h5-8,17H,4,9-13H2,1-3H3,(H,18,20). The molecular formula is C16H27N3O2. The topological polar surface area (TPSA) is 53.6 Å². The fourth-order valence-electron chi connectivity index (χ4n) is 1.93. The van der Waals surface area contributed by atoms with E-state index in [4.69, 9.17) is 4.74 Å². The van der Waals surface area contributed by atoms with Crippen LogP contribution in [0.25, 0.3) is 0 Å². The van der Waals surface area contributed by atoms with Gasteiger partial charge in [-0.15, -0.1) is 0 Å². The van der Waals surface area contributed by atoms with Crippen molar-refractivity contribution in [2.24, 2.45) is 0 Å². The van der Waals surface area contributed by atoms with E-state index in [1.54, 1.807) is 7.11 Å². The van der Waals surface area contributed by atoms with Gasteiger partial charge in [0.25, 0.3) is 0 Å². The molecule has 0 saturated heterocycles. The summed E-state index contributed by atoms with van der Waals surface area (Å²) in [6.45, 7) is 5.50. The van der Waals surface area contributed by atoms with Crippen molar-refractivity contribution in [2.75, 3.05) is 45.3 Å². The molecule has 1 aromatic rings. The Bertz CT molecular complexity index is 406. The van der Waals surface area contributed by atoms with Crippen LogP contribution in [0.1, 0.15) is 18.9 Å². The summed E-state index contributed by atoms with van der Waals surface area (Å²) in [6, 6.07) is 8.28. The third kappa shape index (κ3) is 7.11. The second-order valence-electron chi connectivity index (χ2n) is 5.04. The predicted molar refractivity (Wildman–Crippen MR) is 86.6 cm³/mol. The van der Waals surface area contributed by atoms with Gasteiger partial charge in [-0.2, -0.15) is 0 Å². The van der Waals surface area contributed by atoms with Crippen molar-refractivity contribution in [3.05, 3.63) is 29.8 Å². The van der Waals surface area contributed by atoms with E-state index in [0.29, 0.717) is 19.7 Å². The van der Waals surface area contributed by atoms with Crippen LogP contribution in [0.2, 0.25) is 0 Å². The van der Waals surface area contributed by atoms with Crippen LogP contribution in [-0.2, 0) is 16.1 Å². The van der Waals surface area contributed by atoms with Crippen molar-refractivity contribution >= 4 is 11.6 Å². The van der Waals surface area contributed by atoms with Gasteiger partial charge in [0.05, 0.1) is 13.2 Å². The minimum absolute atomic E-state index is 0.00300. The molecule has 2 N–H and O–H groups in total. The van der Waals surface area contributed by atoms with Crippen LogP contribution in [0.5, 0.6) is 0 Å². The molecule has 1 rings (SSSR count). The van der Waals surface area contributed by atoms with E-state index in [1.165, 1.54) is 5.56 Å².